The van der Waals surface area contributed by atoms with E-state index in [1.54, 1.807) is 37.4 Å². The molecule has 0 bridgehead atoms. The van der Waals surface area contributed by atoms with E-state index in [1.807, 2.05) is 0 Å². The van der Waals surface area contributed by atoms with Crippen molar-refractivity contribution in [2.75, 3.05) is 51.7 Å². The Kier molecular flexibility index (Phi) is 7.84. The van der Waals surface area contributed by atoms with Gasteiger partial charge in [-0.05, 0) is 38.1 Å². The number of nitrogens with zero attached hydrogens (tertiary/aromatic N) is 5. The zero-order chi connectivity index (χ0) is 24.8. The molecule has 1 fully saturated rings. The molecule has 0 unspecified atom stereocenters. The summed E-state index contributed by atoms with van der Waals surface area (Å²) < 4.78 is 19.7. The number of piperazine rings is 1. The van der Waals surface area contributed by atoms with Crippen molar-refractivity contribution in [3.63, 3.8) is 0 Å². The van der Waals surface area contributed by atoms with Gasteiger partial charge in [0.25, 0.3) is 5.91 Å². The van der Waals surface area contributed by atoms with Crippen LogP contribution in [0.25, 0.3) is 11.3 Å². The van der Waals surface area contributed by atoms with E-state index >= 15 is 0 Å². The van der Waals surface area contributed by atoms with Crippen LogP contribution in [0.5, 0.6) is 5.88 Å². The van der Waals surface area contributed by atoms with Gasteiger partial charge in [0.1, 0.15) is 5.82 Å². The quantitative estimate of drug-likeness (QED) is 0.451. The molecule has 10 heteroatoms. The van der Waals surface area contributed by atoms with Crippen LogP contribution in [0.2, 0.25) is 0 Å². The van der Waals surface area contributed by atoms with Crippen LogP contribution < -0.4 is 15.8 Å². The summed E-state index contributed by atoms with van der Waals surface area (Å²) in [5, 5.41) is 3.02. The summed E-state index contributed by atoms with van der Waals surface area (Å²) in [5.74, 6) is -0.397. The van der Waals surface area contributed by atoms with E-state index in [-0.39, 0.29) is 17.3 Å². The molecule has 3 aromatic rings. The van der Waals surface area contributed by atoms with Crippen LogP contribution in [-0.4, -0.2) is 77.0 Å². The molecule has 0 aliphatic carbocycles. The van der Waals surface area contributed by atoms with E-state index in [2.05, 4.69) is 37.1 Å². The highest BCUT2D eigenvalue weighted by Crippen LogP contribution is 2.24. The van der Waals surface area contributed by atoms with Crippen LogP contribution in [0.3, 0.4) is 0 Å². The lowest BCUT2D eigenvalue weighted by Gasteiger charge is -2.32. The van der Waals surface area contributed by atoms with Crippen molar-refractivity contribution in [1.29, 1.82) is 0 Å². The van der Waals surface area contributed by atoms with Gasteiger partial charge in [0.15, 0.2) is 11.5 Å². The highest BCUT2D eigenvalue weighted by Gasteiger charge is 2.16. The van der Waals surface area contributed by atoms with E-state index in [0.717, 1.165) is 39.1 Å². The molecular weight excluding hydrogens is 449 g/mol. The number of rotatable bonds is 9. The Balaban J connectivity index is 1.35. The first-order chi connectivity index (χ1) is 16.9. The van der Waals surface area contributed by atoms with Gasteiger partial charge in [0, 0.05) is 44.4 Å². The fourth-order valence-electron chi connectivity index (χ4n) is 3.76. The van der Waals surface area contributed by atoms with Crippen molar-refractivity contribution in [3.05, 3.63) is 59.8 Å². The van der Waals surface area contributed by atoms with E-state index in [0.29, 0.717) is 35.0 Å². The minimum absolute atomic E-state index is 0.0484. The minimum atomic E-state index is -0.748. The van der Waals surface area contributed by atoms with Crippen LogP contribution in [0.4, 0.5) is 15.9 Å². The Labute approximate surface area is 204 Å². The molecule has 3 heterocycles. The third-order valence-corrected chi connectivity index (χ3v) is 5.94. The highest BCUT2D eigenvalue weighted by atomic mass is 19.1. The Bertz CT molecular complexity index is 1160. The third kappa shape index (κ3) is 6.49. The molecule has 1 aromatic carbocycles. The van der Waals surface area contributed by atoms with Crippen molar-refractivity contribution in [1.82, 2.24) is 24.8 Å². The van der Waals surface area contributed by atoms with Crippen LogP contribution in [0.1, 0.15) is 22.5 Å². The lowest BCUT2D eigenvalue weighted by Crippen LogP contribution is -2.44. The molecule has 0 atom stereocenters. The number of nitrogens with two attached hydrogens (primary N) is 1. The molecule has 4 rings (SSSR count). The SMILES string of the molecule is Cc1ccc(-c2cnc(Nc3ccc(OCCCN4CCN(C)CC4)nc3)c(C(N)=O)n2)cc1F. The fraction of sp³-hybridized carbons (Fsp3) is 0.360. The molecule has 35 heavy (non-hydrogen) atoms. The number of aromatic nitrogens is 3. The highest BCUT2D eigenvalue weighted by molar-refractivity contribution is 5.96. The Morgan fingerprint density at radius 1 is 1.14 bits per heavy atom. The fourth-order valence-corrected chi connectivity index (χ4v) is 3.76. The molecular formula is C25H30FN7O2. The number of carbonyl (C=O) groups excluding carboxylic acids is 1. The second kappa shape index (κ2) is 11.2. The normalized spacial score (nSPS) is 14.6. The standard InChI is InChI=1S/C25H30FN7O2/c1-17-4-5-18(14-20(17)26)21-16-29-25(23(31-21)24(27)34)30-19-6-7-22(28-15-19)35-13-3-8-33-11-9-32(2)10-12-33/h4-7,14-16H,3,8-13H2,1-2H3,(H2,27,34)(H,29,30). The van der Waals surface area contributed by atoms with Crippen molar-refractivity contribution in [3.8, 4) is 17.1 Å². The summed E-state index contributed by atoms with van der Waals surface area (Å²) in [5.41, 5.74) is 7.45. The summed E-state index contributed by atoms with van der Waals surface area (Å²) in [4.78, 5) is 29.7. The van der Waals surface area contributed by atoms with Crippen molar-refractivity contribution < 1.29 is 13.9 Å². The molecule has 0 spiro atoms. The van der Waals surface area contributed by atoms with Crippen molar-refractivity contribution >= 4 is 17.4 Å². The number of aryl methyl sites for hydroxylation is 1. The van der Waals surface area contributed by atoms with Crippen molar-refractivity contribution in [2.24, 2.45) is 5.73 Å². The molecule has 1 aliphatic rings. The second-order valence-corrected chi connectivity index (χ2v) is 8.64. The number of hydrogen-bond acceptors (Lipinski definition) is 8. The first kappa shape index (κ1) is 24.5. The zero-order valence-electron chi connectivity index (χ0n) is 20.0. The van der Waals surface area contributed by atoms with E-state index in [1.165, 1.54) is 12.3 Å². The number of pyridine rings is 1. The second-order valence-electron chi connectivity index (χ2n) is 8.64. The number of likely N-dealkylation sites (N-methyl/N-ethyl adjacent to an activating group) is 1. The predicted octanol–water partition coefficient (Wildman–Crippen LogP) is 2.84. The third-order valence-electron chi connectivity index (χ3n) is 5.94. The average Bonchev–Trinajstić information content (AvgIpc) is 2.86. The van der Waals surface area contributed by atoms with Gasteiger partial charge >= 0.3 is 0 Å². The maximum atomic E-state index is 13.9. The number of anilines is 2. The minimum Gasteiger partial charge on any atom is -0.478 e. The summed E-state index contributed by atoms with van der Waals surface area (Å²) >= 11 is 0. The van der Waals surface area contributed by atoms with Gasteiger partial charge < -0.3 is 25.6 Å². The Morgan fingerprint density at radius 2 is 1.94 bits per heavy atom. The molecule has 0 radical (unpaired) electrons. The first-order valence-corrected chi connectivity index (χ1v) is 11.6. The number of ether oxygens (including phenoxy) is 1. The van der Waals surface area contributed by atoms with E-state index < -0.39 is 5.91 Å². The van der Waals surface area contributed by atoms with E-state index in [9.17, 15) is 9.18 Å². The number of amides is 1. The maximum absolute atomic E-state index is 13.9. The van der Waals surface area contributed by atoms with Crippen LogP contribution in [0.15, 0.2) is 42.7 Å². The van der Waals surface area contributed by atoms with Gasteiger partial charge in [-0.3, -0.25) is 4.79 Å². The zero-order valence-corrected chi connectivity index (χ0v) is 20.0. The molecule has 184 valence electrons. The number of halogens is 1. The van der Waals surface area contributed by atoms with Crippen LogP contribution in [0, 0.1) is 12.7 Å². The van der Waals surface area contributed by atoms with Gasteiger partial charge in [-0.15, -0.1) is 0 Å². The van der Waals surface area contributed by atoms with E-state index in [4.69, 9.17) is 10.5 Å². The van der Waals surface area contributed by atoms with Crippen molar-refractivity contribution in [2.45, 2.75) is 13.3 Å². The van der Waals surface area contributed by atoms with Gasteiger partial charge in [0.05, 0.1) is 30.4 Å². The molecule has 0 saturated carbocycles. The average molecular weight is 480 g/mol. The molecule has 1 aliphatic heterocycles. The number of hydrogen-bond donors (Lipinski definition) is 2. The van der Waals surface area contributed by atoms with Crippen LogP contribution in [-0.2, 0) is 0 Å². The lowest BCUT2D eigenvalue weighted by molar-refractivity contribution is 0.0996. The number of nitrogens with one attached hydrogen (secondary N) is 1. The monoisotopic (exact) mass is 479 g/mol. The maximum Gasteiger partial charge on any atom is 0.271 e. The molecule has 3 N–H and O–H groups in total. The summed E-state index contributed by atoms with van der Waals surface area (Å²) in [6.07, 6.45) is 3.98. The van der Waals surface area contributed by atoms with Gasteiger partial charge in [-0.2, -0.15) is 0 Å². The molecule has 1 amide bonds. The Morgan fingerprint density at radius 3 is 2.63 bits per heavy atom. The number of primary amides is 1. The lowest BCUT2D eigenvalue weighted by atomic mass is 10.1. The number of benzene rings is 1. The van der Waals surface area contributed by atoms with Gasteiger partial charge in [0.2, 0.25) is 5.88 Å². The predicted molar refractivity (Wildman–Crippen MR) is 132 cm³/mol. The summed E-state index contributed by atoms with van der Waals surface area (Å²) in [7, 11) is 2.15. The van der Waals surface area contributed by atoms with Crippen LogP contribution >= 0.6 is 0 Å². The molecule has 2 aromatic heterocycles. The topological polar surface area (TPSA) is 110 Å². The summed E-state index contributed by atoms with van der Waals surface area (Å²) in [6.45, 7) is 7.66. The first-order valence-electron chi connectivity index (χ1n) is 11.6. The Hall–Kier alpha value is -3.63. The number of carbonyl (C=O) groups is 1. The molecule has 1 saturated heterocycles. The van der Waals surface area contributed by atoms with Gasteiger partial charge in [-0.25, -0.2) is 19.3 Å². The summed E-state index contributed by atoms with van der Waals surface area (Å²) in [6, 6.07) is 8.24. The largest absolute Gasteiger partial charge is 0.478 e. The van der Waals surface area contributed by atoms with Gasteiger partial charge in [-0.1, -0.05) is 12.1 Å². The smallest absolute Gasteiger partial charge is 0.271 e. The molecule has 9 nitrogen and oxygen atoms in total.